The van der Waals surface area contributed by atoms with Crippen molar-refractivity contribution in [2.24, 2.45) is 0 Å². The van der Waals surface area contributed by atoms with Crippen molar-refractivity contribution in [1.82, 2.24) is 5.32 Å². The first kappa shape index (κ1) is 54.8. The van der Waals surface area contributed by atoms with Crippen LogP contribution in [0.25, 0.3) is 0 Å². The Morgan fingerprint density at radius 2 is 0.768 bits per heavy atom. The molecule has 56 heavy (non-hydrogen) atoms. The summed E-state index contributed by atoms with van der Waals surface area (Å²) in [5.74, 6) is -0.596. The Labute approximate surface area is 348 Å². The summed E-state index contributed by atoms with van der Waals surface area (Å²) in [6.07, 6.45) is 52.6. The predicted molar refractivity (Wildman–Crippen MR) is 242 cm³/mol. The lowest BCUT2D eigenvalue weighted by molar-refractivity contribution is -0.132. The van der Waals surface area contributed by atoms with Crippen molar-refractivity contribution in [2.75, 3.05) is 6.61 Å². The monoisotopic (exact) mass is 792 g/mol. The Balaban J connectivity index is 3.54. The summed E-state index contributed by atoms with van der Waals surface area (Å²) < 4.78 is 0. The molecule has 0 aromatic carbocycles. The van der Waals surface area contributed by atoms with Gasteiger partial charge < -0.3 is 25.7 Å². The molecule has 6 nitrogen and oxygen atoms in total. The van der Waals surface area contributed by atoms with E-state index in [1.54, 1.807) is 0 Å². The number of aliphatic hydroxyl groups is 4. The Kier molecular flexibility index (Phi) is 43.9. The number of carbonyl (C=O) groups is 1. The first-order chi connectivity index (χ1) is 27.5. The van der Waals surface area contributed by atoms with Gasteiger partial charge in [-0.25, -0.2) is 0 Å². The van der Waals surface area contributed by atoms with Gasteiger partial charge in [0, 0.05) is 0 Å². The van der Waals surface area contributed by atoms with Gasteiger partial charge in [-0.15, -0.1) is 0 Å². The molecule has 332 valence electrons. The molecule has 0 rings (SSSR count). The first-order valence-electron chi connectivity index (χ1n) is 24.7. The zero-order valence-electron chi connectivity index (χ0n) is 37.4. The predicted octanol–water partition coefficient (Wildman–Crippen LogP) is 13.5. The second kappa shape index (κ2) is 44.9. The molecule has 6 heteroatoms. The molecule has 0 radical (unpaired) electrons. The Bertz CT molecular complexity index is 847. The van der Waals surface area contributed by atoms with E-state index in [-0.39, 0.29) is 0 Å². The minimum absolute atomic E-state index is 0.364. The molecular weight excluding hydrogens is 695 g/mol. The molecule has 0 aliphatic rings. The van der Waals surface area contributed by atoms with Crippen LogP contribution in [0.15, 0.2) is 24.3 Å². The number of allylic oxidation sites excluding steroid dienone is 4. The highest BCUT2D eigenvalue weighted by Gasteiger charge is 2.28. The highest BCUT2D eigenvalue weighted by molar-refractivity contribution is 5.80. The molecule has 5 N–H and O–H groups in total. The van der Waals surface area contributed by atoms with Gasteiger partial charge in [-0.05, 0) is 44.9 Å². The van der Waals surface area contributed by atoms with Gasteiger partial charge in [0.25, 0.3) is 0 Å². The smallest absolute Gasteiger partial charge is 0.249 e. The summed E-state index contributed by atoms with van der Waals surface area (Å²) in [7, 11) is 0. The molecule has 0 aromatic heterocycles. The SMILES string of the molecule is CCC/C=C/CC/C=C/CCCC(O)C(O)C(CO)NC(=O)C(O)CCCCCCCCCCCCCCCCCCCCCCCCCCCCCCCC. The van der Waals surface area contributed by atoms with E-state index in [9.17, 15) is 25.2 Å². The van der Waals surface area contributed by atoms with E-state index in [4.69, 9.17) is 0 Å². The summed E-state index contributed by atoms with van der Waals surface area (Å²) >= 11 is 0. The molecule has 0 saturated carbocycles. The maximum absolute atomic E-state index is 12.5. The van der Waals surface area contributed by atoms with E-state index in [1.165, 1.54) is 180 Å². The number of nitrogens with one attached hydrogen (secondary N) is 1. The Morgan fingerprint density at radius 1 is 0.429 bits per heavy atom. The highest BCUT2D eigenvalue weighted by Crippen LogP contribution is 2.17. The normalized spacial score (nSPS) is 14.2. The van der Waals surface area contributed by atoms with Crippen LogP contribution >= 0.6 is 0 Å². The Morgan fingerprint density at radius 3 is 1.12 bits per heavy atom. The van der Waals surface area contributed by atoms with Crippen LogP contribution in [0.1, 0.15) is 258 Å². The summed E-state index contributed by atoms with van der Waals surface area (Å²) in [6, 6.07) is -1.00. The molecule has 0 aromatic rings. The number of hydrogen-bond acceptors (Lipinski definition) is 5. The fourth-order valence-corrected chi connectivity index (χ4v) is 7.72. The molecule has 0 fully saturated rings. The summed E-state index contributed by atoms with van der Waals surface area (Å²) in [6.45, 7) is 3.97. The van der Waals surface area contributed by atoms with Crippen LogP contribution < -0.4 is 5.32 Å². The molecule has 1 amide bonds. The van der Waals surface area contributed by atoms with Gasteiger partial charge in [0.15, 0.2) is 0 Å². The molecular formula is C50H97NO5. The lowest BCUT2D eigenvalue weighted by Crippen LogP contribution is -2.53. The lowest BCUT2D eigenvalue weighted by atomic mass is 10.00. The average Bonchev–Trinajstić information content (AvgIpc) is 3.20. The molecule has 4 atom stereocenters. The number of unbranched alkanes of at least 4 members (excludes halogenated alkanes) is 32. The van der Waals surface area contributed by atoms with Crippen molar-refractivity contribution in [1.29, 1.82) is 0 Å². The second-order valence-corrected chi connectivity index (χ2v) is 17.2. The standard InChI is InChI=1S/C50H97NO5/c1-3-5-7-9-11-13-15-16-17-18-19-20-21-22-23-24-25-26-27-28-29-30-31-32-33-34-36-38-40-42-44-48(54)50(56)51-46(45-52)49(55)47(53)43-41-39-37-35-14-12-10-8-6-4-2/h8,10,35,37,46-49,52-55H,3-7,9,11-34,36,38-45H2,1-2H3,(H,51,56)/b10-8+,37-35+. The van der Waals surface area contributed by atoms with E-state index in [0.29, 0.717) is 19.3 Å². The number of rotatable bonds is 45. The van der Waals surface area contributed by atoms with Gasteiger partial charge in [-0.1, -0.05) is 237 Å². The van der Waals surface area contributed by atoms with Crippen molar-refractivity contribution >= 4 is 5.91 Å². The second-order valence-electron chi connectivity index (χ2n) is 17.2. The minimum atomic E-state index is -1.29. The van der Waals surface area contributed by atoms with Crippen LogP contribution in [0, 0.1) is 0 Å². The molecule has 0 aliphatic carbocycles. The molecule has 0 heterocycles. The van der Waals surface area contributed by atoms with Crippen molar-refractivity contribution in [2.45, 2.75) is 282 Å². The number of hydrogen-bond donors (Lipinski definition) is 5. The van der Waals surface area contributed by atoms with Crippen molar-refractivity contribution in [3.8, 4) is 0 Å². The molecule has 0 bridgehead atoms. The molecule has 4 unspecified atom stereocenters. The fourth-order valence-electron chi connectivity index (χ4n) is 7.72. The fraction of sp³-hybridized carbons (Fsp3) is 0.900. The van der Waals surface area contributed by atoms with Crippen LogP contribution in [0.5, 0.6) is 0 Å². The van der Waals surface area contributed by atoms with Gasteiger partial charge in [0.05, 0.1) is 18.8 Å². The van der Waals surface area contributed by atoms with E-state index in [0.717, 1.165) is 44.9 Å². The molecule has 0 saturated heterocycles. The topological polar surface area (TPSA) is 110 Å². The first-order valence-corrected chi connectivity index (χ1v) is 24.7. The van der Waals surface area contributed by atoms with Gasteiger partial charge in [-0.2, -0.15) is 0 Å². The highest BCUT2D eigenvalue weighted by atomic mass is 16.3. The average molecular weight is 792 g/mol. The van der Waals surface area contributed by atoms with Crippen LogP contribution in [0.2, 0.25) is 0 Å². The number of aliphatic hydroxyl groups excluding tert-OH is 4. The van der Waals surface area contributed by atoms with Crippen LogP contribution in [-0.4, -0.2) is 57.3 Å². The number of carbonyl (C=O) groups excluding carboxylic acids is 1. The third kappa shape index (κ3) is 38.3. The van der Waals surface area contributed by atoms with E-state index >= 15 is 0 Å². The van der Waals surface area contributed by atoms with Crippen molar-refractivity contribution in [3.63, 3.8) is 0 Å². The van der Waals surface area contributed by atoms with E-state index < -0.39 is 36.9 Å². The van der Waals surface area contributed by atoms with Gasteiger partial charge in [0.2, 0.25) is 5.91 Å². The zero-order valence-corrected chi connectivity index (χ0v) is 37.4. The third-order valence-corrected chi connectivity index (χ3v) is 11.6. The third-order valence-electron chi connectivity index (χ3n) is 11.6. The maximum atomic E-state index is 12.5. The molecule has 0 aliphatic heterocycles. The van der Waals surface area contributed by atoms with Gasteiger partial charge in [0.1, 0.15) is 12.2 Å². The van der Waals surface area contributed by atoms with Crippen LogP contribution in [-0.2, 0) is 4.79 Å². The summed E-state index contributed by atoms with van der Waals surface area (Å²) in [5, 5.41) is 43.5. The lowest BCUT2D eigenvalue weighted by Gasteiger charge is -2.27. The Hall–Kier alpha value is -1.21. The van der Waals surface area contributed by atoms with Crippen molar-refractivity contribution < 1.29 is 25.2 Å². The summed E-state index contributed by atoms with van der Waals surface area (Å²) in [4.78, 5) is 12.5. The van der Waals surface area contributed by atoms with Crippen LogP contribution in [0.4, 0.5) is 0 Å². The van der Waals surface area contributed by atoms with Crippen molar-refractivity contribution in [3.05, 3.63) is 24.3 Å². The number of amides is 1. The zero-order chi connectivity index (χ0) is 41.0. The quantitative estimate of drug-likeness (QED) is 0.0312. The van der Waals surface area contributed by atoms with E-state index in [2.05, 4.69) is 43.5 Å². The van der Waals surface area contributed by atoms with Crippen LogP contribution in [0.3, 0.4) is 0 Å². The molecule has 0 spiro atoms. The summed E-state index contributed by atoms with van der Waals surface area (Å²) in [5.41, 5.74) is 0. The van der Waals surface area contributed by atoms with Gasteiger partial charge in [-0.3, -0.25) is 4.79 Å². The minimum Gasteiger partial charge on any atom is -0.394 e. The van der Waals surface area contributed by atoms with Gasteiger partial charge >= 0.3 is 0 Å². The maximum Gasteiger partial charge on any atom is 0.249 e. The van der Waals surface area contributed by atoms with E-state index in [1.807, 2.05) is 0 Å². The largest absolute Gasteiger partial charge is 0.394 e.